The molecule has 1 aromatic carbocycles. The maximum absolute atomic E-state index is 11.7. The average molecular weight is 316 g/mol. The number of nitro benzene ring substituents is 1. The summed E-state index contributed by atoms with van der Waals surface area (Å²) in [5, 5.41) is 24.4. The number of rotatable bonds is 5. The van der Waals surface area contributed by atoms with E-state index in [0.717, 1.165) is 6.07 Å². The Morgan fingerprint density at radius 2 is 2.05 bits per heavy atom. The van der Waals surface area contributed by atoms with E-state index in [9.17, 15) is 19.7 Å². The van der Waals surface area contributed by atoms with Crippen LogP contribution in [0.25, 0.3) is 0 Å². The summed E-state index contributed by atoms with van der Waals surface area (Å²) in [6, 6.07) is 2.91. The number of urea groups is 1. The molecule has 0 saturated carbocycles. The minimum Gasteiger partial charge on any atom is -0.481 e. The SMILES string of the molecule is CC(C)(CNC(=O)Nc1cc([N+](=O)[O-])ccc1Cl)C(=O)O. The lowest BCUT2D eigenvalue weighted by molar-refractivity contribution is -0.384. The van der Waals surface area contributed by atoms with Gasteiger partial charge >= 0.3 is 12.0 Å². The highest BCUT2D eigenvalue weighted by molar-refractivity contribution is 6.33. The van der Waals surface area contributed by atoms with Crippen LogP contribution in [0.15, 0.2) is 18.2 Å². The lowest BCUT2D eigenvalue weighted by atomic mass is 9.94. The molecule has 0 saturated heterocycles. The average Bonchev–Trinajstić information content (AvgIpc) is 2.38. The smallest absolute Gasteiger partial charge is 0.319 e. The van der Waals surface area contributed by atoms with Crippen molar-refractivity contribution in [3.05, 3.63) is 33.3 Å². The third kappa shape index (κ3) is 4.60. The molecule has 0 aliphatic rings. The van der Waals surface area contributed by atoms with Crippen molar-refractivity contribution in [3.8, 4) is 0 Å². The molecule has 0 fully saturated rings. The Bertz CT molecular complexity index is 588. The number of carboxylic acid groups (broad SMARTS) is 1. The standard InChI is InChI=1S/C12H14ClN3O5/c1-12(2,10(17)18)6-14-11(19)15-9-5-7(16(20)21)3-4-8(9)13/h3-5H,6H2,1-2H3,(H,17,18)(H2,14,15,19). The van der Waals surface area contributed by atoms with Gasteiger partial charge in [-0.05, 0) is 19.9 Å². The maximum atomic E-state index is 11.7. The number of carbonyl (C=O) groups excluding carboxylic acids is 1. The number of nitrogens with zero attached hydrogens (tertiary/aromatic N) is 1. The van der Waals surface area contributed by atoms with Crippen molar-refractivity contribution < 1.29 is 19.6 Å². The van der Waals surface area contributed by atoms with E-state index in [0.29, 0.717) is 0 Å². The number of nitrogens with one attached hydrogen (secondary N) is 2. The second kappa shape index (κ2) is 6.40. The first-order valence-corrected chi connectivity index (χ1v) is 6.23. The molecule has 0 aliphatic heterocycles. The van der Waals surface area contributed by atoms with Crippen molar-refractivity contribution in [1.29, 1.82) is 0 Å². The lowest BCUT2D eigenvalue weighted by Crippen LogP contribution is -2.40. The summed E-state index contributed by atoms with van der Waals surface area (Å²) in [4.78, 5) is 32.6. The number of aliphatic carboxylic acids is 1. The van der Waals surface area contributed by atoms with E-state index in [1.165, 1.54) is 26.0 Å². The molecule has 0 unspecified atom stereocenters. The highest BCUT2D eigenvalue weighted by Crippen LogP contribution is 2.26. The molecular weight excluding hydrogens is 302 g/mol. The van der Waals surface area contributed by atoms with Crippen LogP contribution in [-0.4, -0.2) is 28.6 Å². The number of nitro groups is 1. The third-order valence-electron chi connectivity index (χ3n) is 2.68. The molecule has 0 atom stereocenters. The molecule has 0 spiro atoms. The van der Waals surface area contributed by atoms with E-state index in [-0.39, 0.29) is 22.9 Å². The van der Waals surface area contributed by atoms with E-state index in [1.54, 1.807) is 0 Å². The van der Waals surface area contributed by atoms with E-state index < -0.39 is 22.3 Å². The highest BCUT2D eigenvalue weighted by Gasteiger charge is 2.27. The molecule has 3 N–H and O–H groups in total. The maximum Gasteiger partial charge on any atom is 0.319 e. The molecule has 0 bridgehead atoms. The lowest BCUT2D eigenvalue weighted by Gasteiger charge is -2.19. The van der Waals surface area contributed by atoms with Gasteiger partial charge in [0.25, 0.3) is 5.69 Å². The molecule has 1 rings (SSSR count). The number of hydrogen-bond donors (Lipinski definition) is 3. The van der Waals surface area contributed by atoms with Crippen LogP contribution in [0.3, 0.4) is 0 Å². The van der Waals surface area contributed by atoms with Gasteiger partial charge in [0.2, 0.25) is 0 Å². The molecule has 0 heterocycles. The summed E-state index contributed by atoms with van der Waals surface area (Å²) in [5.74, 6) is -1.06. The number of hydrogen-bond acceptors (Lipinski definition) is 4. The number of anilines is 1. The molecule has 0 aromatic heterocycles. The zero-order valence-electron chi connectivity index (χ0n) is 11.3. The molecule has 0 radical (unpaired) electrons. The minimum absolute atomic E-state index is 0.0662. The Balaban J connectivity index is 2.73. The van der Waals surface area contributed by atoms with Crippen LogP contribution < -0.4 is 10.6 Å². The Morgan fingerprint density at radius 1 is 1.43 bits per heavy atom. The van der Waals surface area contributed by atoms with Crippen LogP contribution in [0.5, 0.6) is 0 Å². The largest absolute Gasteiger partial charge is 0.481 e. The van der Waals surface area contributed by atoms with Crippen molar-refractivity contribution in [2.45, 2.75) is 13.8 Å². The molecule has 21 heavy (non-hydrogen) atoms. The van der Waals surface area contributed by atoms with Gasteiger partial charge in [0.05, 0.1) is 21.0 Å². The number of amides is 2. The van der Waals surface area contributed by atoms with Crippen molar-refractivity contribution in [1.82, 2.24) is 5.32 Å². The number of carbonyl (C=O) groups is 2. The molecule has 1 aromatic rings. The predicted octanol–water partition coefficient (Wildman–Crippen LogP) is 2.48. The van der Waals surface area contributed by atoms with Gasteiger partial charge < -0.3 is 15.7 Å². The van der Waals surface area contributed by atoms with Crippen LogP contribution in [0.2, 0.25) is 5.02 Å². The summed E-state index contributed by atoms with van der Waals surface area (Å²) in [6.07, 6.45) is 0. The first-order chi connectivity index (χ1) is 9.63. The number of benzene rings is 1. The summed E-state index contributed by atoms with van der Waals surface area (Å²) >= 11 is 5.83. The van der Waals surface area contributed by atoms with Crippen LogP contribution >= 0.6 is 11.6 Å². The summed E-state index contributed by atoms with van der Waals surface area (Å²) < 4.78 is 0. The molecule has 114 valence electrons. The Kier molecular flexibility index (Phi) is 5.09. The van der Waals surface area contributed by atoms with Gasteiger partial charge in [0.15, 0.2) is 0 Å². The van der Waals surface area contributed by atoms with Gasteiger partial charge in [-0.3, -0.25) is 14.9 Å². The monoisotopic (exact) mass is 315 g/mol. The first kappa shape index (κ1) is 16.7. The molecule has 9 heteroatoms. The van der Waals surface area contributed by atoms with E-state index in [4.69, 9.17) is 16.7 Å². The van der Waals surface area contributed by atoms with Gasteiger partial charge in [0.1, 0.15) is 0 Å². The van der Waals surface area contributed by atoms with Gasteiger partial charge in [-0.15, -0.1) is 0 Å². The topological polar surface area (TPSA) is 122 Å². The quantitative estimate of drug-likeness (QED) is 0.569. The second-order valence-electron chi connectivity index (χ2n) is 4.92. The highest BCUT2D eigenvalue weighted by atomic mass is 35.5. The number of non-ortho nitro benzene ring substituents is 1. The van der Waals surface area contributed by atoms with Gasteiger partial charge in [-0.1, -0.05) is 11.6 Å². The summed E-state index contributed by atoms with van der Waals surface area (Å²) in [5.41, 5.74) is -1.29. The van der Waals surface area contributed by atoms with Gasteiger partial charge in [-0.25, -0.2) is 4.79 Å². The van der Waals surface area contributed by atoms with Gasteiger partial charge in [0, 0.05) is 18.7 Å². The summed E-state index contributed by atoms with van der Waals surface area (Å²) in [6.45, 7) is 2.80. The van der Waals surface area contributed by atoms with Crippen LogP contribution in [-0.2, 0) is 4.79 Å². The van der Waals surface area contributed by atoms with Crippen molar-refractivity contribution in [2.24, 2.45) is 5.41 Å². The minimum atomic E-state index is -1.14. The van der Waals surface area contributed by atoms with Crippen molar-refractivity contribution in [3.63, 3.8) is 0 Å². The molecular formula is C12H14ClN3O5. The zero-order chi connectivity index (χ0) is 16.2. The number of halogens is 1. The molecule has 8 nitrogen and oxygen atoms in total. The van der Waals surface area contributed by atoms with E-state index in [2.05, 4.69) is 10.6 Å². The van der Waals surface area contributed by atoms with E-state index in [1.807, 2.05) is 0 Å². The number of carboxylic acids is 1. The van der Waals surface area contributed by atoms with Crippen LogP contribution in [0, 0.1) is 15.5 Å². The predicted molar refractivity (Wildman–Crippen MR) is 76.5 cm³/mol. The van der Waals surface area contributed by atoms with Crippen LogP contribution in [0.1, 0.15) is 13.8 Å². The summed E-state index contributed by atoms with van der Waals surface area (Å²) in [7, 11) is 0. The van der Waals surface area contributed by atoms with Crippen LogP contribution in [0.4, 0.5) is 16.2 Å². The van der Waals surface area contributed by atoms with Crippen molar-refractivity contribution in [2.75, 3.05) is 11.9 Å². The Morgan fingerprint density at radius 3 is 2.57 bits per heavy atom. The fourth-order valence-corrected chi connectivity index (χ4v) is 1.43. The first-order valence-electron chi connectivity index (χ1n) is 5.85. The van der Waals surface area contributed by atoms with E-state index >= 15 is 0 Å². The van der Waals surface area contributed by atoms with Crippen molar-refractivity contribution >= 4 is 35.0 Å². The third-order valence-corrected chi connectivity index (χ3v) is 3.01. The zero-order valence-corrected chi connectivity index (χ0v) is 12.1. The van der Waals surface area contributed by atoms with Gasteiger partial charge in [-0.2, -0.15) is 0 Å². The fraction of sp³-hybridized carbons (Fsp3) is 0.333. The molecule has 0 aliphatic carbocycles. The normalized spacial score (nSPS) is 10.8. The Labute approximate surface area is 125 Å². The second-order valence-corrected chi connectivity index (χ2v) is 5.33. The molecule has 2 amide bonds. The fourth-order valence-electron chi connectivity index (χ4n) is 1.27. The Hall–Kier alpha value is -2.35.